The van der Waals surface area contributed by atoms with Crippen molar-refractivity contribution in [1.82, 2.24) is 10.2 Å². The first-order valence-electron chi connectivity index (χ1n) is 10.9. The van der Waals surface area contributed by atoms with Gasteiger partial charge in [0.25, 0.3) is 0 Å². The molecule has 33 heavy (non-hydrogen) atoms. The smallest absolute Gasteiger partial charge is 0.243 e. The average Bonchev–Trinajstić information content (AvgIpc) is 2.79. The van der Waals surface area contributed by atoms with Gasteiger partial charge in [0.05, 0.1) is 6.42 Å². The minimum absolute atomic E-state index is 0.0328. The van der Waals surface area contributed by atoms with Crippen molar-refractivity contribution >= 4 is 11.8 Å². The van der Waals surface area contributed by atoms with Gasteiger partial charge in [-0.15, -0.1) is 0 Å². The Balaban J connectivity index is 1.97. The molecular formula is C27H28F2N2O2. The third-order valence-electron chi connectivity index (χ3n) is 5.27. The second-order valence-corrected chi connectivity index (χ2v) is 8.29. The van der Waals surface area contributed by atoms with Crippen molar-refractivity contribution in [2.24, 2.45) is 0 Å². The average molecular weight is 451 g/mol. The molecule has 2 amide bonds. The summed E-state index contributed by atoms with van der Waals surface area (Å²) in [5.74, 6) is -1.49. The quantitative estimate of drug-likeness (QED) is 0.515. The van der Waals surface area contributed by atoms with Crippen molar-refractivity contribution in [3.8, 4) is 0 Å². The summed E-state index contributed by atoms with van der Waals surface area (Å²) >= 11 is 0. The van der Waals surface area contributed by atoms with Gasteiger partial charge in [-0.3, -0.25) is 9.59 Å². The van der Waals surface area contributed by atoms with Crippen LogP contribution >= 0.6 is 0 Å². The van der Waals surface area contributed by atoms with Crippen LogP contribution in [-0.4, -0.2) is 28.8 Å². The van der Waals surface area contributed by atoms with Gasteiger partial charge in [-0.25, -0.2) is 8.78 Å². The summed E-state index contributed by atoms with van der Waals surface area (Å²) in [5, 5.41) is 2.89. The van der Waals surface area contributed by atoms with Gasteiger partial charge < -0.3 is 10.2 Å². The summed E-state index contributed by atoms with van der Waals surface area (Å²) in [6, 6.07) is 20.3. The normalized spacial score (nSPS) is 11.8. The lowest BCUT2D eigenvalue weighted by atomic mass is 10.0. The molecule has 0 aliphatic rings. The molecule has 0 fully saturated rings. The van der Waals surface area contributed by atoms with Crippen LogP contribution < -0.4 is 5.32 Å². The standard InChI is InChI=1S/C27H28F2N2O2/c1-19(2)30-27(33)25(16-20-8-4-3-5-9-20)31(18-22-10-6-7-11-24(22)29)26(32)17-21-12-14-23(28)15-13-21/h3-15,19,25H,16-18H2,1-2H3,(H,30,33)/t25-/m1/s1. The Kier molecular flexibility index (Phi) is 8.30. The van der Waals surface area contributed by atoms with Crippen LogP contribution in [0.4, 0.5) is 8.78 Å². The highest BCUT2D eigenvalue weighted by molar-refractivity contribution is 5.89. The molecule has 0 saturated heterocycles. The van der Waals surface area contributed by atoms with Gasteiger partial charge in [0, 0.05) is 24.6 Å². The van der Waals surface area contributed by atoms with E-state index in [2.05, 4.69) is 5.32 Å². The fourth-order valence-electron chi connectivity index (χ4n) is 3.62. The Morgan fingerprint density at radius 2 is 1.48 bits per heavy atom. The number of carbonyl (C=O) groups is 2. The number of hydrogen-bond donors (Lipinski definition) is 1. The summed E-state index contributed by atoms with van der Waals surface area (Å²) in [6.45, 7) is 3.63. The molecule has 0 spiro atoms. The number of halogens is 2. The molecule has 0 heterocycles. The first-order chi connectivity index (χ1) is 15.8. The molecule has 0 aliphatic heterocycles. The molecular weight excluding hydrogens is 422 g/mol. The van der Waals surface area contributed by atoms with Crippen molar-refractivity contribution in [2.45, 2.75) is 45.3 Å². The zero-order valence-electron chi connectivity index (χ0n) is 18.8. The van der Waals surface area contributed by atoms with E-state index in [0.29, 0.717) is 11.1 Å². The van der Waals surface area contributed by atoms with Gasteiger partial charge in [-0.05, 0) is 43.2 Å². The number of rotatable bonds is 9. The SMILES string of the molecule is CC(C)NC(=O)[C@@H](Cc1ccccc1)N(Cc1ccccc1F)C(=O)Cc1ccc(F)cc1. The number of carbonyl (C=O) groups excluding carboxylic acids is 2. The van der Waals surface area contributed by atoms with Crippen molar-refractivity contribution in [3.05, 3.63) is 107 Å². The lowest BCUT2D eigenvalue weighted by Gasteiger charge is -2.32. The molecule has 3 rings (SSSR count). The van der Waals surface area contributed by atoms with Crippen LogP contribution in [-0.2, 0) is 29.0 Å². The first-order valence-corrected chi connectivity index (χ1v) is 10.9. The number of amides is 2. The highest BCUT2D eigenvalue weighted by Gasteiger charge is 2.31. The highest BCUT2D eigenvalue weighted by Crippen LogP contribution is 2.18. The summed E-state index contributed by atoms with van der Waals surface area (Å²) in [5.41, 5.74) is 1.82. The second-order valence-electron chi connectivity index (χ2n) is 8.29. The Bertz CT molecular complexity index is 1070. The largest absolute Gasteiger partial charge is 0.352 e. The van der Waals surface area contributed by atoms with Gasteiger partial charge in [0.15, 0.2) is 0 Å². The van der Waals surface area contributed by atoms with Crippen LogP contribution in [0.2, 0.25) is 0 Å². The lowest BCUT2D eigenvalue weighted by molar-refractivity contribution is -0.141. The van der Waals surface area contributed by atoms with Crippen LogP contribution in [0, 0.1) is 11.6 Å². The van der Waals surface area contributed by atoms with Crippen LogP contribution in [0.15, 0.2) is 78.9 Å². The number of nitrogens with one attached hydrogen (secondary N) is 1. The van der Waals surface area contributed by atoms with E-state index < -0.39 is 17.7 Å². The van der Waals surface area contributed by atoms with E-state index in [9.17, 15) is 18.4 Å². The molecule has 0 unspecified atom stereocenters. The van der Waals surface area contributed by atoms with Crippen molar-refractivity contribution in [3.63, 3.8) is 0 Å². The number of hydrogen-bond acceptors (Lipinski definition) is 2. The molecule has 0 aliphatic carbocycles. The summed E-state index contributed by atoms with van der Waals surface area (Å²) in [7, 11) is 0. The fourth-order valence-corrected chi connectivity index (χ4v) is 3.62. The van der Waals surface area contributed by atoms with Gasteiger partial charge in [-0.1, -0.05) is 60.7 Å². The molecule has 0 bridgehead atoms. The zero-order valence-corrected chi connectivity index (χ0v) is 18.8. The Hall–Kier alpha value is -3.54. The molecule has 3 aromatic rings. The predicted octanol–water partition coefficient (Wildman–Crippen LogP) is 4.67. The van der Waals surface area contributed by atoms with Gasteiger partial charge in [0.1, 0.15) is 17.7 Å². The van der Waals surface area contributed by atoms with Crippen LogP contribution in [0.1, 0.15) is 30.5 Å². The van der Waals surface area contributed by atoms with E-state index in [1.807, 2.05) is 44.2 Å². The number of nitrogens with zero attached hydrogens (tertiary/aromatic N) is 1. The topological polar surface area (TPSA) is 49.4 Å². The third-order valence-corrected chi connectivity index (χ3v) is 5.27. The van der Waals surface area contributed by atoms with Crippen LogP contribution in [0.25, 0.3) is 0 Å². The Morgan fingerprint density at radius 3 is 2.12 bits per heavy atom. The maximum absolute atomic E-state index is 14.5. The minimum Gasteiger partial charge on any atom is -0.352 e. The predicted molar refractivity (Wildman–Crippen MR) is 124 cm³/mol. The van der Waals surface area contributed by atoms with Gasteiger partial charge >= 0.3 is 0 Å². The molecule has 0 aromatic heterocycles. The van der Waals surface area contributed by atoms with Crippen molar-refractivity contribution < 1.29 is 18.4 Å². The fraction of sp³-hybridized carbons (Fsp3) is 0.259. The van der Waals surface area contributed by atoms with E-state index in [1.54, 1.807) is 18.2 Å². The maximum Gasteiger partial charge on any atom is 0.243 e. The van der Waals surface area contributed by atoms with Gasteiger partial charge in [-0.2, -0.15) is 0 Å². The number of benzene rings is 3. The van der Waals surface area contributed by atoms with Crippen LogP contribution in [0.5, 0.6) is 0 Å². The summed E-state index contributed by atoms with van der Waals surface area (Å²) < 4.78 is 27.8. The molecule has 0 saturated carbocycles. The summed E-state index contributed by atoms with van der Waals surface area (Å²) in [6.07, 6.45) is 0.248. The van der Waals surface area contributed by atoms with Gasteiger partial charge in [0.2, 0.25) is 11.8 Å². The molecule has 0 radical (unpaired) electrons. The molecule has 1 N–H and O–H groups in total. The molecule has 4 nitrogen and oxygen atoms in total. The van der Waals surface area contributed by atoms with E-state index in [1.165, 1.54) is 35.2 Å². The minimum atomic E-state index is -0.845. The lowest BCUT2D eigenvalue weighted by Crippen LogP contribution is -2.52. The van der Waals surface area contributed by atoms with E-state index >= 15 is 0 Å². The molecule has 172 valence electrons. The Morgan fingerprint density at radius 1 is 0.848 bits per heavy atom. The summed E-state index contributed by atoms with van der Waals surface area (Å²) in [4.78, 5) is 28.1. The van der Waals surface area contributed by atoms with Crippen molar-refractivity contribution in [1.29, 1.82) is 0 Å². The molecule has 3 aromatic carbocycles. The highest BCUT2D eigenvalue weighted by atomic mass is 19.1. The third kappa shape index (κ3) is 6.97. The molecule has 6 heteroatoms. The Labute approximate surface area is 193 Å². The van der Waals surface area contributed by atoms with Crippen LogP contribution in [0.3, 0.4) is 0 Å². The second kappa shape index (κ2) is 11.4. The van der Waals surface area contributed by atoms with E-state index in [-0.39, 0.29) is 37.2 Å². The zero-order chi connectivity index (χ0) is 23.8. The van der Waals surface area contributed by atoms with Crippen molar-refractivity contribution in [2.75, 3.05) is 0 Å². The maximum atomic E-state index is 14.5. The molecule has 1 atom stereocenters. The monoisotopic (exact) mass is 450 g/mol. The van der Waals surface area contributed by atoms with E-state index in [0.717, 1.165) is 5.56 Å². The first kappa shape index (κ1) is 24.1. The van der Waals surface area contributed by atoms with E-state index in [4.69, 9.17) is 0 Å².